The molecule has 0 bridgehead atoms. The number of carbonyl (C=O) groups excluding carboxylic acids is 1. The molecule has 0 radical (unpaired) electrons. The fourth-order valence-corrected chi connectivity index (χ4v) is 1.62. The Kier molecular flexibility index (Phi) is 3.14. The molecule has 2 rings (SSSR count). The third kappa shape index (κ3) is 2.24. The van der Waals surface area contributed by atoms with Gasteiger partial charge in [-0.05, 0) is 29.3 Å². The first-order valence-corrected chi connectivity index (χ1v) is 5.11. The van der Waals surface area contributed by atoms with Gasteiger partial charge in [0.25, 0.3) is 5.69 Å². The van der Waals surface area contributed by atoms with E-state index in [0.717, 1.165) is 0 Å². The lowest BCUT2D eigenvalue weighted by Gasteiger charge is -2.03. The van der Waals surface area contributed by atoms with Crippen LogP contribution in [0.3, 0.4) is 0 Å². The fraction of sp³-hybridized carbons (Fsp3) is 0. The van der Waals surface area contributed by atoms with Crippen LogP contribution in [-0.2, 0) is 0 Å². The van der Waals surface area contributed by atoms with Crippen molar-refractivity contribution >= 4 is 12.0 Å². The Morgan fingerprint density at radius 3 is 2.22 bits per heavy atom. The number of aldehydes is 1. The van der Waals surface area contributed by atoms with Gasteiger partial charge in [0.2, 0.25) is 0 Å². The number of nitrogens with zero attached hydrogens (tertiary/aromatic N) is 1. The summed E-state index contributed by atoms with van der Waals surface area (Å²) in [5, 5.41) is 10.8. The van der Waals surface area contributed by atoms with Gasteiger partial charge in [0.1, 0.15) is 5.82 Å². The van der Waals surface area contributed by atoms with Crippen molar-refractivity contribution in [2.75, 3.05) is 0 Å². The minimum absolute atomic E-state index is 0.0193. The van der Waals surface area contributed by atoms with Crippen LogP contribution in [0.4, 0.5) is 10.1 Å². The van der Waals surface area contributed by atoms with Crippen LogP contribution >= 0.6 is 0 Å². The molecule has 0 aliphatic rings. The van der Waals surface area contributed by atoms with Crippen LogP contribution < -0.4 is 0 Å². The number of halogens is 1. The second-order valence-electron chi connectivity index (χ2n) is 3.66. The molecule has 0 spiro atoms. The van der Waals surface area contributed by atoms with Crippen molar-refractivity contribution in [2.45, 2.75) is 0 Å². The minimum Gasteiger partial charge on any atom is -0.298 e. The number of carbonyl (C=O) groups is 1. The predicted octanol–water partition coefficient (Wildman–Crippen LogP) is 3.21. The number of benzene rings is 2. The maximum Gasteiger partial charge on any atom is 0.280 e. The fourth-order valence-electron chi connectivity index (χ4n) is 1.62. The molecule has 0 unspecified atom stereocenters. The zero-order chi connectivity index (χ0) is 13.1. The highest BCUT2D eigenvalue weighted by atomic mass is 19.1. The van der Waals surface area contributed by atoms with Crippen LogP contribution in [0.2, 0.25) is 0 Å². The van der Waals surface area contributed by atoms with Crippen molar-refractivity contribution < 1.29 is 14.1 Å². The Morgan fingerprint density at radius 1 is 1.06 bits per heavy atom. The van der Waals surface area contributed by atoms with Crippen molar-refractivity contribution in [3.63, 3.8) is 0 Å². The molecule has 0 aliphatic carbocycles. The van der Waals surface area contributed by atoms with Gasteiger partial charge in [0.15, 0.2) is 6.29 Å². The molecule has 0 atom stereocenters. The first-order valence-electron chi connectivity index (χ1n) is 5.11. The number of hydrogen-bond donors (Lipinski definition) is 0. The van der Waals surface area contributed by atoms with Gasteiger partial charge >= 0.3 is 0 Å². The van der Waals surface area contributed by atoms with Crippen LogP contribution in [0.15, 0.2) is 42.5 Å². The largest absolute Gasteiger partial charge is 0.298 e. The Hall–Kier alpha value is -2.56. The quantitative estimate of drug-likeness (QED) is 0.474. The van der Waals surface area contributed by atoms with E-state index in [4.69, 9.17) is 0 Å². The standard InChI is InChI=1S/C13H8FNO3/c14-12-5-3-9(4-6-12)10-1-2-11(8-16)13(7-10)15(17)18/h1-8H. The summed E-state index contributed by atoms with van der Waals surface area (Å²) >= 11 is 0. The van der Waals surface area contributed by atoms with Gasteiger partial charge in [0.05, 0.1) is 10.5 Å². The highest BCUT2D eigenvalue weighted by Gasteiger charge is 2.14. The highest BCUT2D eigenvalue weighted by molar-refractivity contribution is 5.83. The first kappa shape index (κ1) is 11.9. The van der Waals surface area contributed by atoms with Crippen LogP contribution in [0.25, 0.3) is 11.1 Å². The van der Waals surface area contributed by atoms with Crippen LogP contribution in [0.5, 0.6) is 0 Å². The Balaban J connectivity index is 2.53. The molecule has 2 aromatic rings. The molecule has 2 aromatic carbocycles. The van der Waals surface area contributed by atoms with E-state index in [-0.39, 0.29) is 17.1 Å². The molecule has 0 amide bonds. The molecule has 0 aromatic heterocycles. The number of nitro groups is 1. The minimum atomic E-state index is -0.614. The molecule has 18 heavy (non-hydrogen) atoms. The Bertz CT molecular complexity index is 608. The van der Waals surface area contributed by atoms with Gasteiger partial charge in [-0.2, -0.15) is 0 Å². The van der Waals surface area contributed by atoms with Gasteiger partial charge < -0.3 is 0 Å². The van der Waals surface area contributed by atoms with Gasteiger partial charge in [-0.1, -0.05) is 18.2 Å². The summed E-state index contributed by atoms with van der Waals surface area (Å²) in [6.07, 6.45) is 0.437. The monoisotopic (exact) mass is 245 g/mol. The first-order chi connectivity index (χ1) is 8.61. The molecule has 90 valence electrons. The number of hydrogen-bond acceptors (Lipinski definition) is 3. The van der Waals surface area contributed by atoms with Gasteiger partial charge in [-0.15, -0.1) is 0 Å². The third-order valence-electron chi connectivity index (χ3n) is 2.53. The molecule has 0 fully saturated rings. The van der Waals surface area contributed by atoms with Crippen molar-refractivity contribution in [1.29, 1.82) is 0 Å². The van der Waals surface area contributed by atoms with Crippen molar-refractivity contribution in [3.8, 4) is 11.1 Å². The molecular weight excluding hydrogens is 237 g/mol. The smallest absolute Gasteiger partial charge is 0.280 e. The van der Waals surface area contributed by atoms with Crippen molar-refractivity contribution in [1.82, 2.24) is 0 Å². The van der Waals surface area contributed by atoms with Crippen LogP contribution in [0, 0.1) is 15.9 Å². The molecule has 5 heteroatoms. The average Bonchev–Trinajstić information content (AvgIpc) is 2.39. The van der Waals surface area contributed by atoms with Crippen molar-refractivity contribution in [2.24, 2.45) is 0 Å². The van der Waals surface area contributed by atoms with Gasteiger partial charge in [-0.25, -0.2) is 4.39 Å². The molecule has 0 saturated carbocycles. The van der Waals surface area contributed by atoms with Gasteiger partial charge in [0, 0.05) is 6.07 Å². The third-order valence-corrected chi connectivity index (χ3v) is 2.53. The molecular formula is C13H8FNO3. The topological polar surface area (TPSA) is 60.2 Å². The number of rotatable bonds is 3. The van der Waals surface area contributed by atoms with Gasteiger partial charge in [-0.3, -0.25) is 14.9 Å². The van der Waals surface area contributed by atoms with Crippen LogP contribution in [0.1, 0.15) is 10.4 Å². The molecule has 0 heterocycles. The second kappa shape index (κ2) is 4.75. The van der Waals surface area contributed by atoms with E-state index in [1.54, 1.807) is 6.07 Å². The van der Waals surface area contributed by atoms with E-state index >= 15 is 0 Å². The molecule has 0 N–H and O–H groups in total. The summed E-state index contributed by atoms with van der Waals surface area (Å²) < 4.78 is 12.8. The lowest BCUT2D eigenvalue weighted by atomic mass is 10.0. The SMILES string of the molecule is O=Cc1ccc(-c2ccc(F)cc2)cc1[N+](=O)[O-]. The maximum absolute atomic E-state index is 12.8. The molecule has 4 nitrogen and oxygen atoms in total. The Labute approximate surface area is 102 Å². The average molecular weight is 245 g/mol. The van der Waals surface area contributed by atoms with E-state index in [1.807, 2.05) is 0 Å². The van der Waals surface area contributed by atoms with E-state index < -0.39 is 4.92 Å². The zero-order valence-electron chi connectivity index (χ0n) is 9.17. The summed E-state index contributed by atoms with van der Waals surface area (Å²) in [5.41, 5.74) is 0.974. The summed E-state index contributed by atoms with van der Waals surface area (Å²) in [7, 11) is 0. The summed E-state index contributed by atoms with van der Waals surface area (Å²) in [6.45, 7) is 0. The summed E-state index contributed by atoms with van der Waals surface area (Å²) in [6, 6.07) is 9.86. The lowest BCUT2D eigenvalue weighted by molar-refractivity contribution is -0.385. The second-order valence-corrected chi connectivity index (χ2v) is 3.66. The molecule has 0 aliphatic heterocycles. The van der Waals surface area contributed by atoms with E-state index in [0.29, 0.717) is 17.4 Å². The lowest BCUT2D eigenvalue weighted by Crippen LogP contribution is -1.94. The van der Waals surface area contributed by atoms with E-state index in [1.165, 1.54) is 36.4 Å². The Morgan fingerprint density at radius 2 is 1.67 bits per heavy atom. The van der Waals surface area contributed by atoms with Crippen LogP contribution in [-0.4, -0.2) is 11.2 Å². The van der Waals surface area contributed by atoms with E-state index in [2.05, 4.69) is 0 Å². The van der Waals surface area contributed by atoms with Crippen molar-refractivity contribution in [3.05, 3.63) is 64.0 Å². The number of nitro benzene ring substituents is 1. The predicted molar refractivity (Wildman–Crippen MR) is 63.9 cm³/mol. The summed E-state index contributed by atoms with van der Waals surface area (Å²) in [4.78, 5) is 20.9. The normalized spacial score (nSPS) is 10.1. The van der Waals surface area contributed by atoms with E-state index in [9.17, 15) is 19.3 Å². The zero-order valence-corrected chi connectivity index (χ0v) is 9.17. The maximum atomic E-state index is 12.8. The highest BCUT2D eigenvalue weighted by Crippen LogP contribution is 2.26. The summed E-state index contributed by atoms with van der Waals surface area (Å²) in [5.74, 6) is -0.377. The molecule has 0 saturated heterocycles.